The molecule has 1 saturated heterocycles. The van der Waals surface area contributed by atoms with Crippen molar-refractivity contribution in [3.63, 3.8) is 0 Å². The van der Waals surface area contributed by atoms with Crippen molar-refractivity contribution in [1.29, 1.82) is 0 Å². The lowest BCUT2D eigenvalue weighted by Gasteiger charge is -2.32. The number of piperazine rings is 1. The van der Waals surface area contributed by atoms with E-state index in [1.54, 1.807) is 18.2 Å². The van der Waals surface area contributed by atoms with E-state index in [1.807, 2.05) is 59.6 Å². The summed E-state index contributed by atoms with van der Waals surface area (Å²) in [7, 11) is 3.39. The third-order valence-electron chi connectivity index (χ3n) is 7.83. The second-order valence-electron chi connectivity index (χ2n) is 10.5. The molecular weight excluding hydrogens is 518 g/mol. The average molecular weight is 550 g/mol. The molecule has 6 rings (SSSR count). The van der Waals surface area contributed by atoms with Crippen LogP contribution >= 0.6 is 0 Å². The second-order valence-corrected chi connectivity index (χ2v) is 10.5. The number of carbonyl (C=O) groups is 3. The second kappa shape index (κ2) is 11.0. The highest BCUT2D eigenvalue weighted by molar-refractivity contribution is 6.24. The predicted octanol–water partition coefficient (Wildman–Crippen LogP) is 4.13. The van der Waals surface area contributed by atoms with E-state index in [-0.39, 0.29) is 11.8 Å². The van der Waals surface area contributed by atoms with Crippen molar-refractivity contribution in [2.45, 2.75) is 12.3 Å². The fourth-order valence-electron chi connectivity index (χ4n) is 5.46. The first-order valence-corrected chi connectivity index (χ1v) is 13.6. The Labute approximate surface area is 237 Å². The molecule has 0 saturated carbocycles. The van der Waals surface area contributed by atoms with Crippen LogP contribution in [-0.4, -0.2) is 78.6 Å². The van der Waals surface area contributed by atoms with Crippen molar-refractivity contribution in [2.75, 3.05) is 45.7 Å². The van der Waals surface area contributed by atoms with Crippen molar-refractivity contribution in [1.82, 2.24) is 14.8 Å². The predicted molar refractivity (Wildman–Crippen MR) is 158 cm³/mol. The van der Waals surface area contributed by atoms with E-state index in [9.17, 15) is 14.4 Å². The first-order chi connectivity index (χ1) is 19.9. The van der Waals surface area contributed by atoms with Gasteiger partial charge in [-0.2, -0.15) is 0 Å². The summed E-state index contributed by atoms with van der Waals surface area (Å²) in [4.78, 5) is 50.6. The van der Waals surface area contributed by atoms with Gasteiger partial charge in [0.15, 0.2) is 0 Å². The SMILES string of the molecule is COC(=O)c1ccc2c(c1)NC(=O)C2C(=Nc1ccc(CC(=O)N2CCN(C)CC2)cc1)c1ccc2[nH]ccc2c1. The third kappa shape index (κ3) is 5.36. The summed E-state index contributed by atoms with van der Waals surface area (Å²) in [6.45, 7) is 3.27. The van der Waals surface area contributed by atoms with Gasteiger partial charge in [0, 0.05) is 49.0 Å². The minimum atomic E-state index is -0.674. The van der Waals surface area contributed by atoms with Gasteiger partial charge < -0.3 is 24.8 Å². The number of hydrogen-bond acceptors (Lipinski definition) is 6. The minimum absolute atomic E-state index is 0.125. The van der Waals surface area contributed by atoms with Crippen LogP contribution in [0.4, 0.5) is 11.4 Å². The number of carbonyl (C=O) groups excluding carboxylic acids is 3. The number of ether oxygens (including phenoxy) is 1. The molecule has 2 N–H and O–H groups in total. The van der Waals surface area contributed by atoms with Crippen LogP contribution in [0.15, 0.2) is 77.9 Å². The Morgan fingerprint density at radius 3 is 2.46 bits per heavy atom. The highest BCUT2D eigenvalue weighted by atomic mass is 16.5. The molecular formula is C32H31N5O4. The Bertz CT molecular complexity index is 1670. The Hall–Kier alpha value is -4.76. The summed E-state index contributed by atoms with van der Waals surface area (Å²) < 4.78 is 4.85. The zero-order chi connectivity index (χ0) is 28.5. The van der Waals surface area contributed by atoms with Crippen LogP contribution in [0, 0.1) is 0 Å². The lowest BCUT2D eigenvalue weighted by molar-refractivity contribution is -0.132. The van der Waals surface area contributed by atoms with E-state index in [1.165, 1.54) is 7.11 Å². The van der Waals surface area contributed by atoms with Gasteiger partial charge in [0.2, 0.25) is 11.8 Å². The molecule has 3 aromatic carbocycles. The largest absolute Gasteiger partial charge is 0.465 e. The zero-order valence-corrected chi connectivity index (χ0v) is 23.0. The number of likely N-dealkylation sites (N-methyl/N-ethyl adjacent to an activating group) is 1. The van der Waals surface area contributed by atoms with E-state index in [2.05, 4.69) is 22.2 Å². The van der Waals surface area contributed by atoms with Crippen molar-refractivity contribution in [2.24, 2.45) is 4.99 Å². The van der Waals surface area contributed by atoms with Gasteiger partial charge in [-0.25, -0.2) is 4.79 Å². The van der Waals surface area contributed by atoms with Crippen LogP contribution in [-0.2, 0) is 20.7 Å². The van der Waals surface area contributed by atoms with Crippen LogP contribution < -0.4 is 5.32 Å². The number of nitrogens with zero attached hydrogens (tertiary/aromatic N) is 3. The Morgan fingerprint density at radius 1 is 0.951 bits per heavy atom. The molecule has 3 heterocycles. The Balaban J connectivity index is 1.33. The van der Waals surface area contributed by atoms with Crippen LogP contribution in [0.2, 0.25) is 0 Å². The van der Waals surface area contributed by atoms with Crippen LogP contribution in [0.5, 0.6) is 0 Å². The number of methoxy groups -OCH3 is 1. The maximum atomic E-state index is 13.4. The number of H-pyrrole nitrogens is 1. The Morgan fingerprint density at radius 2 is 1.71 bits per heavy atom. The molecule has 0 bridgehead atoms. The first kappa shape index (κ1) is 26.5. The topological polar surface area (TPSA) is 107 Å². The molecule has 0 radical (unpaired) electrons. The fourth-order valence-corrected chi connectivity index (χ4v) is 5.46. The molecule has 9 nitrogen and oxygen atoms in total. The quantitative estimate of drug-likeness (QED) is 0.278. The highest BCUT2D eigenvalue weighted by Gasteiger charge is 2.36. The minimum Gasteiger partial charge on any atom is -0.465 e. The molecule has 41 heavy (non-hydrogen) atoms. The molecule has 1 atom stereocenters. The summed E-state index contributed by atoms with van der Waals surface area (Å²) >= 11 is 0. The molecule has 1 fully saturated rings. The number of hydrogen-bond donors (Lipinski definition) is 2. The summed E-state index contributed by atoms with van der Waals surface area (Å²) in [5.74, 6) is -1.24. The van der Waals surface area contributed by atoms with Gasteiger partial charge in [-0.05, 0) is 66.2 Å². The van der Waals surface area contributed by atoms with E-state index < -0.39 is 11.9 Å². The number of benzene rings is 3. The summed E-state index contributed by atoms with van der Waals surface area (Å²) in [5.41, 5.74) is 5.66. The van der Waals surface area contributed by atoms with Crippen molar-refractivity contribution >= 4 is 45.8 Å². The maximum Gasteiger partial charge on any atom is 0.337 e. The standard InChI is InChI=1S/C32H31N5O4/c1-36-13-15-37(16-14-36)28(38)17-20-3-7-24(8-4-20)34-30(22-6-10-26-21(18-22)11-12-33-26)29-25-9-5-23(32(40)41-2)19-27(25)35-31(29)39/h3-12,18-19,29,33H,13-17H2,1-2H3,(H,35,39). The van der Waals surface area contributed by atoms with Gasteiger partial charge >= 0.3 is 5.97 Å². The van der Waals surface area contributed by atoms with Crippen molar-refractivity contribution in [3.8, 4) is 0 Å². The average Bonchev–Trinajstić information content (AvgIpc) is 3.59. The van der Waals surface area contributed by atoms with Gasteiger partial charge in [0.05, 0.1) is 30.5 Å². The molecule has 1 unspecified atom stereocenters. The molecule has 4 aromatic rings. The van der Waals surface area contributed by atoms with E-state index in [0.717, 1.165) is 53.8 Å². The monoisotopic (exact) mass is 549 g/mol. The van der Waals surface area contributed by atoms with Gasteiger partial charge in [0.25, 0.3) is 0 Å². The zero-order valence-electron chi connectivity index (χ0n) is 23.0. The molecule has 2 amide bonds. The van der Waals surface area contributed by atoms with Crippen LogP contribution in [0.3, 0.4) is 0 Å². The number of amides is 2. The first-order valence-electron chi connectivity index (χ1n) is 13.6. The summed E-state index contributed by atoms with van der Waals surface area (Å²) in [6.07, 6.45) is 2.21. The fraction of sp³-hybridized carbons (Fsp3) is 0.250. The third-order valence-corrected chi connectivity index (χ3v) is 7.83. The Kier molecular flexibility index (Phi) is 7.11. The number of aromatic amines is 1. The number of nitrogens with one attached hydrogen (secondary N) is 2. The van der Waals surface area contributed by atoms with E-state index in [4.69, 9.17) is 9.73 Å². The number of anilines is 1. The van der Waals surface area contributed by atoms with Gasteiger partial charge in [-0.15, -0.1) is 0 Å². The molecule has 2 aliphatic heterocycles. The molecule has 2 aliphatic rings. The number of fused-ring (bicyclic) bond motifs is 2. The maximum absolute atomic E-state index is 13.4. The van der Waals surface area contributed by atoms with Crippen LogP contribution in [0.1, 0.15) is 33.0 Å². The molecule has 1 aromatic heterocycles. The van der Waals surface area contributed by atoms with E-state index in [0.29, 0.717) is 29.1 Å². The molecule has 0 aliphatic carbocycles. The van der Waals surface area contributed by atoms with Gasteiger partial charge in [-0.3, -0.25) is 14.6 Å². The van der Waals surface area contributed by atoms with E-state index >= 15 is 0 Å². The highest BCUT2D eigenvalue weighted by Crippen LogP contribution is 2.37. The van der Waals surface area contributed by atoms with Gasteiger partial charge in [-0.1, -0.05) is 24.3 Å². The number of aromatic nitrogens is 1. The molecule has 9 heteroatoms. The normalized spacial score (nSPS) is 17.4. The lowest BCUT2D eigenvalue weighted by atomic mass is 9.89. The number of rotatable bonds is 6. The number of esters is 1. The molecule has 208 valence electrons. The van der Waals surface area contributed by atoms with Crippen molar-refractivity contribution in [3.05, 3.63) is 95.2 Å². The summed E-state index contributed by atoms with van der Waals surface area (Å²) in [5, 5.41) is 3.93. The molecule has 0 spiro atoms. The smallest absolute Gasteiger partial charge is 0.337 e. The van der Waals surface area contributed by atoms with Crippen LogP contribution in [0.25, 0.3) is 10.9 Å². The van der Waals surface area contributed by atoms with Crippen molar-refractivity contribution < 1.29 is 19.1 Å². The summed E-state index contributed by atoms with van der Waals surface area (Å²) in [6, 6.07) is 20.6. The lowest BCUT2D eigenvalue weighted by Crippen LogP contribution is -2.47. The number of aliphatic imine (C=N–C) groups is 1. The van der Waals surface area contributed by atoms with Gasteiger partial charge in [0.1, 0.15) is 5.92 Å².